The third kappa shape index (κ3) is 6.24. The molecule has 1 aromatic heterocycles. The number of thiazole rings is 1. The van der Waals surface area contributed by atoms with Gasteiger partial charge in [0.15, 0.2) is 11.1 Å². The second-order valence-electron chi connectivity index (χ2n) is 6.30. The van der Waals surface area contributed by atoms with Crippen LogP contribution >= 0.6 is 35.3 Å². The Morgan fingerprint density at radius 1 is 1.22 bits per heavy atom. The summed E-state index contributed by atoms with van der Waals surface area (Å²) in [5, 5.41) is 3.12. The van der Waals surface area contributed by atoms with Crippen LogP contribution in [0.1, 0.15) is 13.3 Å². The number of nitrogens with zero attached hydrogens (tertiary/aromatic N) is 5. The lowest BCUT2D eigenvalue weighted by Crippen LogP contribution is -2.51. The zero-order chi connectivity index (χ0) is 18.2. The Hall–Kier alpha value is -1.55. The maximum absolute atomic E-state index is 6.20. The van der Waals surface area contributed by atoms with Crippen molar-refractivity contribution in [2.45, 2.75) is 13.3 Å². The second kappa shape index (κ2) is 11.3. The number of hydrogen-bond acceptors (Lipinski definition) is 5. The van der Waals surface area contributed by atoms with Gasteiger partial charge in [0.25, 0.3) is 0 Å². The molecule has 0 bridgehead atoms. The SMILES string of the molecule is CCN(CCCN=C(N)N1CCN(c2nccs2)CC1)c1ccccc1.I. The molecule has 0 amide bonds. The number of rotatable bonds is 7. The van der Waals surface area contributed by atoms with Crippen molar-refractivity contribution in [3.63, 3.8) is 0 Å². The second-order valence-corrected chi connectivity index (χ2v) is 7.17. The molecule has 1 fully saturated rings. The lowest BCUT2D eigenvalue weighted by atomic mass is 10.2. The molecule has 6 nitrogen and oxygen atoms in total. The Kier molecular flexibility index (Phi) is 9.12. The van der Waals surface area contributed by atoms with Crippen molar-refractivity contribution in [2.75, 3.05) is 55.6 Å². The average molecular weight is 500 g/mol. The summed E-state index contributed by atoms with van der Waals surface area (Å²) in [6.45, 7) is 8.65. The first-order valence-corrected chi connectivity index (χ1v) is 10.1. The molecule has 0 unspecified atom stereocenters. The molecule has 1 aromatic carbocycles. The highest BCUT2D eigenvalue weighted by Crippen LogP contribution is 2.18. The topological polar surface area (TPSA) is 61.0 Å². The summed E-state index contributed by atoms with van der Waals surface area (Å²) < 4.78 is 0. The van der Waals surface area contributed by atoms with E-state index in [0.29, 0.717) is 5.96 Å². The molecule has 1 saturated heterocycles. The Bertz CT molecular complexity index is 671. The molecule has 1 aliphatic rings. The molecule has 1 aliphatic heterocycles. The van der Waals surface area contributed by atoms with Crippen LogP contribution in [-0.4, -0.2) is 61.7 Å². The highest BCUT2D eigenvalue weighted by Gasteiger charge is 2.19. The number of para-hydroxylation sites is 1. The number of aliphatic imine (C=N–C) groups is 1. The van der Waals surface area contributed by atoms with Gasteiger partial charge in [-0.2, -0.15) is 0 Å². The number of hydrogen-bond donors (Lipinski definition) is 1. The normalized spacial score (nSPS) is 14.8. The van der Waals surface area contributed by atoms with Crippen molar-refractivity contribution in [2.24, 2.45) is 10.7 Å². The van der Waals surface area contributed by atoms with E-state index in [2.05, 4.69) is 61.9 Å². The minimum atomic E-state index is 0. The molecule has 148 valence electrons. The number of guanidine groups is 1. The molecule has 0 spiro atoms. The van der Waals surface area contributed by atoms with E-state index in [1.54, 1.807) is 11.3 Å². The quantitative estimate of drug-likeness (QED) is 0.274. The number of nitrogens with two attached hydrogens (primary N) is 1. The maximum Gasteiger partial charge on any atom is 0.191 e. The Balaban J connectivity index is 0.00000261. The van der Waals surface area contributed by atoms with E-state index in [-0.39, 0.29) is 24.0 Å². The standard InChI is InChI=1S/C19H28N6S.HI/c1-2-23(17-7-4-3-5-8-17)11-6-9-21-18(20)24-12-14-25(15-13-24)19-22-10-16-26-19;/h3-5,7-8,10,16H,2,6,9,11-15H2,1H3,(H2,20,21);1H. The fourth-order valence-corrected chi connectivity index (χ4v) is 3.86. The van der Waals surface area contributed by atoms with Gasteiger partial charge in [-0.05, 0) is 25.5 Å². The summed E-state index contributed by atoms with van der Waals surface area (Å²) in [7, 11) is 0. The largest absolute Gasteiger partial charge is 0.372 e. The maximum atomic E-state index is 6.20. The first-order chi connectivity index (χ1) is 12.8. The Labute approximate surface area is 183 Å². The molecule has 2 heterocycles. The highest BCUT2D eigenvalue weighted by atomic mass is 127. The molecule has 0 radical (unpaired) electrons. The molecule has 8 heteroatoms. The van der Waals surface area contributed by atoms with E-state index in [1.165, 1.54) is 5.69 Å². The number of benzene rings is 1. The van der Waals surface area contributed by atoms with Gasteiger partial charge in [0.1, 0.15) is 0 Å². The van der Waals surface area contributed by atoms with Crippen LogP contribution in [0.15, 0.2) is 46.9 Å². The van der Waals surface area contributed by atoms with Crippen molar-refractivity contribution >= 4 is 52.1 Å². The van der Waals surface area contributed by atoms with Crippen LogP contribution in [0.25, 0.3) is 0 Å². The highest BCUT2D eigenvalue weighted by molar-refractivity contribution is 14.0. The van der Waals surface area contributed by atoms with Crippen molar-refractivity contribution in [3.05, 3.63) is 41.9 Å². The first kappa shape index (κ1) is 21.7. The van der Waals surface area contributed by atoms with Crippen molar-refractivity contribution in [1.29, 1.82) is 0 Å². The van der Waals surface area contributed by atoms with Crippen LogP contribution in [0.2, 0.25) is 0 Å². The van der Waals surface area contributed by atoms with Gasteiger partial charge in [-0.25, -0.2) is 4.98 Å². The van der Waals surface area contributed by atoms with Crippen molar-refractivity contribution < 1.29 is 0 Å². The van der Waals surface area contributed by atoms with Gasteiger partial charge in [0.2, 0.25) is 0 Å². The van der Waals surface area contributed by atoms with E-state index in [0.717, 1.165) is 57.4 Å². The van der Waals surface area contributed by atoms with E-state index >= 15 is 0 Å². The summed E-state index contributed by atoms with van der Waals surface area (Å²) in [6, 6.07) is 10.5. The lowest BCUT2D eigenvalue weighted by Gasteiger charge is -2.35. The molecule has 0 saturated carbocycles. The zero-order valence-corrected chi connectivity index (χ0v) is 19.0. The summed E-state index contributed by atoms with van der Waals surface area (Å²) in [5.41, 5.74) is 7.47. The zero-order valence-electron chi connectivity index (χ0n) is 15.8. The molecule has 2 N–H and O–H groups in total. The van der Waals surface area contributed by atoms with Gasteiger partial charge in [-0.1, -0.05) is 18.2 Å². The van der Waals surface area contributed by atoms with E-state index in [1.807, 2.05) is 11.6 Å². The number of piperazine rings is 1. The van der Waals surface area contributed by atoms with Crippen molar-refractivity contribution in [3.8, 4) is 0 Å². The summed E-state index contributed by atoms with van der Waals surface area (Å²) >= 11 is 1.69. The molecular weight excluding hydrogens is 471 g/mol. The van der Waals surface area contributed by atoms with Crippen LogP contribution in [0.5, 0.6) is 0 Å². The third-order valence-electron chi connectivity index (χ3n) is 4.66. The molecule has 2 aromatic rings. The van der Waals surface area contributed by atoms with Crippen LogP contribution in [0, 0.1) is 0 Å². The molecule has 3 rings (SSSR count). The fraction of sp³-hybridized carbons (Fsp3) is 0.474. The fourth-order valence-electron chi connectivity index (χ4n) is 3.16. The lowest BCUT2D eigenvalue weighted by molar-refractivity contribution is 0.380. The van der Waals surface area contributed by atoms with Crippen molar-refractivity contribution in [1.82, 2.24) is 9.88 Å². The number of anilines is 2. The van der Waals surface area contributed by atoms with Gasteiger partial charge in [0, 0.05) is 63.1 Å². The minimum absolute atomic E-state index is 0. The van der Waals surface area contributed by atoms with Crippen LogP contribution < -0.4 is 15.5 Å². The van der Waals surface area contributed by atoms with Gasteiger partial charge in [-0.3, -0.25) is 4.99 Å². The third-order valence-corrected chi connectivity index (χ3v) is 5.49. The molecule has 0 aliphatic carbocycles. The molecule has 0 atom stereocenters. The average Bonchev–Trinajstić information content (AvgIpc) is 3.23. The van der Waals surface area contributed by atoms with Crippen LogP contribution in [0.4, 0.5) is 10.8 Å². The van der Waals surface area contributed by atoms with Crippen LogP contribution in [0.3, 0.4) is 0 Å². The Morgan fingerprint density at radius 2 is 1.96 bits per heavy atom. The predicted octanol–water partition coefficient (Wildman–Crippen LogP) is 3.11. The van der Waals surface area contributed by atoms with E-state index < -0.39 is 0 Å². The number of aromatic nitrogens is 1. The molecular formula is C19H29IN6S. The summed E-state index contributed by atoms with van der Waals surface area (Å²) in [4.78, 5) is 15.8. The minimum Gasteiger partial charge on any atom is -0.372 e. The van der Waals surface area contributed by atoms with Gasteiger partial charge >= 0.3 is 0 Å². The smallest absolute Gasteiger partial charge is 0.191 e. The predicted molar refractivity (Wildman–Crippen MR) is 127 cm³/mol. The molecule has 27 heavy (non-hydrogen) atoms. The van der Waals surface area contributed by atoms with E-state index in [4.69, 9.17) is 5.73 Å². The van der Waals surface area contributed by atoms with Gasteiger partial charge in [0.05, 0.1) is 0 Å². The Morgan fingerprint density at radius 3 is 2.59 bits per heavy atom. The first-order valence-electron chi connectivity index (χ1n) is 9.27. The van der Waals surface area contributed by atoms with E-state index in [9.17, 15) is 0 Å². The van der Waals surface area contributed by atoms with Gasteiger partial charge < -0.3 is 20.4 Å². The summed E-state index contributed by atoms with van der Waals surface area (Å²) in [6.07, 6.45) is 2.86. The summed E-state index contributed by atoms with van der Waals surface area (Å²) in [5.74, 6) is 0.673. The monoisotopic (exact) mass is 500 g/mol. The van der Waals surface area contributed by atoms with Crippen LogP contribution in [-0.2, 0) is 0 Å². The number of halogens is 1. The van der Waals surface area contributed by atoms with Gasteiger partial charge in [-0.15, -0.1) is 35.3 Å².